The molecule has 4 rings (SSSR count). The zero-order chi connectivity index (χ0) is 16.7. The smallest absolute Gasteiger partial charge is 0.234 e. The maximum Gasteiger partial charge on any atom is 0.234 e. The summed E-state index contributed by atoms with van der Waals surface area (Å²) in [5.74, 6) is 3.32. The van der Waals surface area contributed by atoms with Gasteiger partial charge in [-0.2, -0.15) is 5.10 Å². The van der Waals surface area contributed by atoms with E-state index < -0.39 is 0 Å². The molecule has 1 aliphatic heterocycles. The van der Waals surface area contributed by atoms with Crippen LogP contribution < -0.4 is 14.4 Å². The number of carbonyl (C=O) groups excluding carboxylic acids is 1. The fourth-order valence-electron chi connectivity index (χ4n) is 2.99. The Bertz CT molecular complexity index is 768. The fourth-order valence-corrected chi connectivity index (χ4v) is 2.99. The molecule has 1 aromatic heterocycles. The quantitative estimate of drug-likeness (QED) is 0.854. The maximum absolute atomic E-state index is 12.9. The summed E-state index contributed by atoms with van der Waals surface area (Å²) in [6.45, 7) is 0.970. The van der Waals surface area contributed by atoms with E-state index in [-0.39, 0.29) is 12.3 Å². The Labute approximate surface area is 140 Å². The molecule has 7 heteroatoms. The van der Waals surface area contributed by atoms with Gasteiger partial charge in [-0.1, -0.05) is 6.07 Å². The standard InChI is InChI=1S/C17H20N4O3/c1-20-14(18-17(19-20)11-6-7-11)10-15(22)21-8-9-24-13-5-3-4-12(23-2)16(13)21/h3-5,11H,6-10H2,1-2H3. The summed E-state index contributed by atoms with van der Waals surface area (Å²) in [7, 11) is 3.44. The van der Waals surface area contributed by atoms with E-state index >= 15 is 0 Å². The van der Waals surface area contributed by atoms with Gasteiger partial charge >= 0.3 is 0 Å². The highest BCUT2D eigenvalue weighted by Gasteiger charge is 2.31. The van der Waals surface area contributed by atoms with Crippen molar-refractivity contribution in [2.24, 2.45) is 7.05 Å². The average Bonchev–Trinajstić information content (AvgIpc) is 3.38. The van der Waals surface area contributed by atoms with Gasteiger partial charge in [0.25, 0.3) is 0 Å². The van der Waals surface area contributed by atoms with Gasteiger partial charge in [-0.05, 0) is 25.0 Å². The number of aryl methyl sites for hydroxylation is 1. The van der Waals surface area contributed by atoms with Crippen LogP contribution in [0.25, 0.3) is 0 Å². The molecular formula is C17H20N4O3. The lowest BCUT2D eigenvalue weighted by Crippen LogP contribution is -2.39. The van der Waals surface area contributed by atoms with Crippen LogP contribution >= 0.6 is 0 Å². The van der Waals surface area contributed by atoms with Crippen LogP contribution in [0.15, 0.2) is 18.2 Å². The lowest BCUT2D eigenvalue weighted by atomic mass is 10.2. The number of para-hydroxylation sites is 1. The molecule has 0 N–H and O–H groups in total. The predicted octanol–water partition coefficient (Wildman–Crippen LogP) is 1.67. The van der Waals surface area contributed by atoms with Crippen LogP contribution in [0.2, 0.25) is 0 Å². The zero-order valence-corrected chi connectivity index (χ0v) is 13.9. The third-order valence-corrected chi connectivity index (χ3v) is 4.45. The molecule has 0 unspecified atom stereocenters. The summed E-state index contributed by atoms with van der Waals surface area (Å²) < 4.78 is 12.8. The van der Waals surface area contributed by atoms with E-state index in [1.807, 2.05) is 25.2 Å². The van der Waals surface area contributed by atoms with Crippen molar-refractivity contribution in [2.45, 2.75) is 25.2 Å². The molecule has 0 radical (unpaired) electrons. The number of nitrogens with zero attached hydrogens (tertiary/aromatic N) is 4. The molecule has 2 heterocycles. The topological polar surface area (TPSA) is 69.5 Å². The minimum Gasteiger partial charge on any atom is -0.494 e. The van der Waals surface area contributed by atoms with Crippen molar-refractivity contribution in [3.05, 3.63) is 29.8 Å². The molecule has 1 fully saturated rings. The van der Waals surface area contributed by atoms with E-state index in [0.717, 1.165) is 18.7 Å². The molecule has 0 atom stereocenters. The molecule has 0 saturated heterocycles. The monoisotopic (exact) mass is 328 g/mol. The van der Waals surface area contributed by atoms with Gasteiger partial charge in [0.15, 0.2) is 5.82 Å². The molecule has 7 nitrogen and oxygen atoms in total. The molecule has 1 aromatic carbocycles. The average molecular weight is 328 g/mol. The Kier molecular flexibility index (Phi) is 3.63. The van der Waals surface area contributed by atoms with Gasteiger partial charge in [0.1, 0.15) is 29.6 Å². The number of carbonyl (C=O) groups is 1. The van der Waals surface area contributed by atoms with Crippen LogP contribution in [-0.4, -0.2) is 40.9 Å². The number of hydrogen-bond acceptors (Lipinski definition) is 5. The van der Waals surface area contributed by atoms with Crippen LogP contribution in [0.4, 0.5) is 5.69 Å². The second-order valence-electron chi connectivity index (χ2n) is 6.16. The van der Waals surface area contributed by atoms with E-state index in [1.165, 1.54) is 0 Å². The van der Waals surface area contributed by atoms with Gasteiger partial charge in [0.05, 0.1) is 20.1 Å². The number of ether oxygens (including phenoxy) is 2. The van der Waals surface area contributed by atoms with Crippen molar-refractivity contribution in [3.8, 4) is 11.5 Å². The first-order valence-corrected chi connectivity index (χ1v) is 8.17. The van der Waals surface area contributed by atoms with Crippen molar-refractivity contribution >= 4 is 11.6 Å². The summed E-state index contributed by atoms with van der Waals surface area (Å²) in [5, 5.41) is 4.43. The highest BCUT2D eigenvalue weighted by Crippen LogP contribution is 2.40. The number of hydrogen-bond donors (Lipinski definition) is 0. The summed E-state index contributed by atoms with van der Waals surface area (Å²) in [6.07, 6.45) is 2.50. The maximum atomic E-state index is 12.9. The van der Waals surface area contributed by atoms with Crippen LogP contribution in [0, 0.1) is 0 Å². The lowest BCUT2D eigenvalue weighted by Gasteiger charge is -2.30. The van der Waals surface area contributed by atoms with Gasteiger partial charge in [0, 0.05) is 13.0 Å². The number of aromatic nitrogens is 3. The predicted molar refractivity (Wildman–Crippen MR) is 87.5 cm³/mol. The van der Waals surface area contributed by atoms with Gasteiger partial charge in [-0.3, -0.25) is 9.48 Å². The molecular weight excluding hydrogens is 308 g/mol. The highest BCUT2D eigenvalue weighted by atomic mass is 16.5. The molecule has 24 heavy (non-hydrogen) atoms. The Morgan fingerprint density at radius 3 is 3.00 bits per heavy atom. The van der Waals surface area contributed by atoms with E-state index in [2.05, 4.69) is 10.1 Å². The largest absolute Gasteiger partial charge is 0.494 e. The lowest BCUT2D eigenvalue weighted by molar-refractivity contribution is -0.118. The Morgan fingerprint density at radius 1 is 1.42 bits per heavy atom. The summed E-state index contributed by atoms with van der Waals surface area (Å²) >= 11 is 0. The highest BCUT2D eigenvalue weighted by molar-refractivity contribution is 5.98. The van der Waals surface area contributed by atoms with E-state index in [0.29, 0.717) is 42.1 Å². The van der Waals surface area contributed by atoms with Crippen LogP contribution in [0.5, 0.6) is 11.5 Å². The van der Waals surface area contributed by atoms with Gasteiger partial charge < -0.3 is 14.4 Å². The van der Waals surface area contributed by atoms with Crippen molar-refractivity contribution < 1.29 is 14.3 Å². The van der Waals surface area contributed by atoms with Crippen LogP contribution in [0.3, 0.4) is 0 Å². The number of anilines is 1. The van der Waals surface area contributed by atoms with Crippen LogP contribution in [0.1, 0.15) is 30.4 Å². The summed E-state index contributed by atoms with van der Waals surface area (Å²) in [4.78, 5) is 19.2. The molecule has 126 valence electrons. The zero-order valence-electron chi connectivity index (χ0n) is 13.9. The normalized spacial score (nSPS) is 16.5. The van der Waals surface area contributed by atoms with Crippen LogP contribution in [-0.2, 0) is 18.3 Å². The van der Waals surface area contributed by atoms with E-state index in [9.17, 15) is 4.79 Å². The van der Waals surface area contributed by atoms with Gasteiger partial charge in [0.2, 0.25) is 5.91 Å². The molecule has 2 aliphatic rings. The van der Waals surface area contributed by atoms with Crippen molar-refractivity contribution in [3.63, 3.8) is 0 Å². The molecule has 1 saturated carbocycles. The molecule has 1 aliphatic carbocycles. The number of amides is 1. The Balaban J connectivity index is 1.60. The first-order valence-electron chi connectivity index (χ1n) is 8.17. The van der Waals surface area contributed by atoms with Crippen molar-refractivity contribution in [1.29, 1.82) is 0 Å². The third-order valence-electron chi connectivity index (χ3n) is 4.45. The minimum absolute atomic E-state index is 0.0260. The van der Waals surface area contributed by atoms with Crippen molar-refractivity contribution in [1.82, 2.24) is 14.8 Å². The fraction of sp³-hybridized carbons (Fsp3) is 0.471. The minimum atomic E-state index is -0.0260. The van der Waals surface area contributed by atoms with Crippen molar-refractivity contribution in [2.75, 3.05) is 25.2 Å². The second kappa shape index (κ2) is 5.81. The Hall–Kier alpha value is -2.57. The third kappa shape index (κ3) is 2.60. The van der Waals surface area contributed by atoms with Gasteiger partial charge in [-0.15, -0.1) is 0 Å². The number of fused-ring (bicyclic) bond motifs is 1. The molecule has 0 bridgehead atoms. The second-order valence-corrected chi connectivity index (χ2v) is 6.16. The number of methoxy groups -OCH3 is 1. The number of benzene rings is 1. The summed E-state index contributed by atoms with van der Waals surface area (Å²) in [5.41, 5.74) is 0.695. The van der Waals surface area contributed by atoms with Gasteiger partial charge in [-0.25, -0.2) is 4.98 Å². The molecule has 2 aromatic rings. The van der Waals surface area contributed by atoms with E-state index in [4.69, 9.17) is 9.47 Å². The first-order chi connectivity index (χ1) is 11.7. The molecule has 1 amide bonds. The SMILES string of the molecule is COc1cccc2c1N(C(=O)Cc1nc(C3CC3)nn1C)CCO2. The van der Waals surface area contributed by atoms with E-state index in [1.54, 1.807) is 16.7 Å². The number of rotatable bonds is 4. The molecule has 0 spiro atoms. The first kappa shape index (κ1) is 15.0. The summed E-state index contributed by atoms with van der Waals surface area (Å²) in [6, 6.07) is 5.54. The Morgan fingerprint density at radius 2 is 2.25 bits per heavy atom.